The molecule has 0 aliphatic rings. The lowest BCUT2D eigenvalue weighted by Gasteiger charge is -2.29. The van der Waals surface area contributed by atoms with E-state index in [1.165, 1.54) is 12.3 Å². The van der Waals surface area contributed by atoms with E-state index in [0.717, 1.165) is 25.7 Å². The first-order valence-corrected chi connectivity index (χ1v) is 12.5. The van der Waals surface area contributed by atoms with Gasteiger partial charge in [0.1, 0.15) is 6.10 Å². The van der Waals surface area contributed by atoms with Crippen LogP contribution in [0, 0.1) is 0 Å². The second kappa shape index (κ2) is 11.2. The van der Waals surface area contributed by atoms with Crippen LogP contribution in [0.25, 0.3) is 0 Å². The molecule has 0 saturated heterocycles. The normalized spacial score (nSPS) is 13.6. The van der Waals surface area contributed by atoms with Crippen LogP contribution in [0.1, 0.15) is 49.6 Å². The maximum absolute atomic E-state index is 14.4. The molecule has 0 fully saturated rings. The van der Waals surface area contributed by atoms with E-state index < -0.39 is 25.2 Å². The summed E-state index contributed by atoms with van der Waals surface area (Å²) in [5, 5.41) is 15.5. The minimum Gasteiger partial charge on any atom is -0.461 e. The molecule has 0 aliphatic carbocycles. The summed E-state index contributed by atoms with van der Waals surface area (Å²) in [7, 11) is -3.30. The van der Waals surface area contributed by atoms with Gasteiger partial charge in [-0.05, 0) is 42.8 Å². The number of aliphatic hydroxyl groups excluding tert-OH is 1. The van der Waals surface area contributed by atoms with Gasteiger partial charge in [-0.1, -0.05) is 69.0 Å². The van der Waals surface area contributed by atoms with Crippen molar-refractivity contribution in [3.05, 3.63) is 84.8 Å². The topological polar surface area (TPSA) is 79.5 Å². The van der Waals surface area contributed by atoms with E-state index in [9.17, 15) is 14.5 Å². The third kappa shape index (κ3) is 5.82. The number of rotatable bonds is 12. The van der Waals surface area contributed by atoms with E-state index in [-0.39, 0.29) is 5.76 Å². The Kier molecular flexibility index (Phi) is 8.42. The van der Waals surface area contributed by atoms with E-state index in [1.54, 1.807) is 6.07 Å². The molecule has 1 heterocycles. The van der Waals surface area contributed by atoms with Gasteiger partial charge in [0.15, 0.2) is 5.76 Å². The maximum atomic E-state index is 14.4. The van der Waals surface area contributed by atoms with Crippen LogP contribution in [0.5, 0.6) is 0 Å². The number of aliphatic hydroxyl groups is 1. The standard InChI is InChI=1S/C25H30NO4P/c1-2-3-4-11-17-22(24(27)25(28)23-18-12-19-30-23)26-31(29,20-13-7-5-8-14-20)21-15-9-6-10-16-21/h5-10,12-16,18-19,22,24,27H,2-4,11,17H2,1H3,(H,26,29)/t22-,24-/m0/s1. The zero-order chi connectivity index (χ0) is 22.1. The molecule has 0 radical (unpaired) electrons. The number of hydrogen-bond acceptors (Lipinski definition) is 4. The number of nitrogens with one attached hydrogen (secondary N) is 1. The Labute approximate surface area is 183 Å². The van der Waals surface area contributed by atoms with Crippen molar-refractivity contribution >= 4 is 23.7 Å². The molecule has 0 saturated carbocycles. The molecule has 6 heteroatoms. The van der Waals surface area contributed by atoms with E-state index in [4.69, 9.17) is 4.42 Å². The molecule has 2 N–H and O–H groups in total. The fraction of sp³-hybridized carbons (Fsp3) is 0.320. The number of ketones is 1. The van der Waals surface area contributed by atoms with Gasteiger partial charge in [-0.2, -0.15) is 0 Å². The van der Waals surface area contributed by atoms with Crippen molar-refractivity contribution in [1.82, 2.24) is 5.09 Å². The second-order valence-electron chi connectivity index (χ2n) is 7.65. The third-order valence-corrected chi connectivity index (χ3v) is 8.12. The van der Waals surface area contributed by atoms with E-state index in [0.29, 0.717) is 17.0 Å². The summed E-state index contributed by atoms with van der Waals surface area (Å²) in [4.78, 5) is 12.8. The highest BCUT2D eigenvalue weighted by molar-refractivity contribution is 7.76. The SMILES string of the molecule is CCCCCC[C@H](NP(=O)(c1ccccc1)c1ccccc1)[C@H](O)C(=O)c1ccco1. The highest BCUT2D eigenvalue weighted by atomic mass is 31.2. The molecule has 3 aromatic rings. The summed E-state index contributed by atoms with van der Waals surface area (Å²) in [6.07, 6.45) is 4.52. The highest BCUT2D eigenvalue weighted by Crippen LogP contribution is 2.40. The lowest BCUT2D eigenvalue weighted by molar-refractivity contribution is 0.0640. The Morgan fingerprint density at radius 1 is 0.935 bits per heavy atom. The fourth-order valence-corrected chi connectivity index (χ4v) is 6.16. The summed E-state index contributed by atoms with van der Waals surface area (Å²) in [6, 6.07) is 20.8. The molecular weight excluding hydrogens is 409 g/mol. The highest BCUT2D eigenvalue weighted by Gasteiger charge is 2.36. The first-order chi connectivity index (χ1) is 15.1. The van der Waals surface area contributed by atoms with Crippen LogP contribution in [0.2, 0.25) is 0 Å². The minimum absolute atomic E-state index is 0.0992. The smallest absolute Gasteiger partial charge is 0.227 e. The second-order valence-corrected chi connectivity index (χ2v) is 10.2. The molecule has 0 bridgehead atoms. The molecule has 1 aromatic heterocycles. The molecule has 2 aromatic carbocycles. The first-order valence-electron chi connectivity index (χ1n) is 10.8. The molecule has 0 aliphatic heterocycles. The minimum atomic E-state index is -3.30. The van der Waals surface area contributed by atoms with Crippen molar-refractivity contribution in [3.63, 3.8) is 0 Å². The molecule has 0 spiro atoms. The van der Waals surface area contributed by atoms with Crippen molar-refractivity contribution in [2.45, 2.75) is 51.2 Å². The van der Waals surface area contributed by atoms with E-state index >= 15 is 0 Å². The van der Waals surface area contributed by atoms with Crippen molar-refractivity contribution in [2.75, 3.05) is 0 Å². The maximum Gasteiger partial charge on any atom is 0.227 e. The zero-order valence-electron chi connectivity index (χ0n) is 17.8. The Hall–Kier alpha value is -2.46. The van der Waals surface area contributed by atoms with Crippen molar-refractivity contribution < 1.29 is 18.9 Å². The van der Waals surface area contributed by atoms with Crippen molar-refractivity contribution in [1.29, 1.82) is 0 Å². The monoisotopic (exact) mass is 439 g/mol. The predicted molar refractivity (Wildman–Crippen MR) is 124 cm³/mol. The third-order valence-electron chi connectivity index (χ3n) is 5.37. The fourth-order valence-electron chi connectivity index (χ4n) is 3.64. The van der Waals surface area contributed by atoms with Crippen LogP contribution in [0.4, 0.5) is 0 Å². The molecule has 0 amide bonds. The Bertz CT molecular complexity index is 930. The quantitative estimate of drug-likeness (QED) is 0.243. The summed E-state index contributed by atoms with van der Waals surface area (Å²) >= 11 is 0. The molecule has 5 nitrogen and oxygen atoms in total. The van der Waals surface area contributed by atoms with Gasteiger partial charge in [0.05, 0.1) is 6.26 Å². The average Bonchev–Trinajstić information content (AvgIpc) is 3.36. The lowest BCUT2D eigenvalue weighted by atomic mass is 9.99. The van der Waals surface area contributed by atoms with Crippen LogP contribution < -0.4 is 15.7 Å². The zero-order valence-corrected chi connectivity index (χ0v) is 18.7. The van der Waals surface area contributed by atoms with Crippen LogP contribution in [-0.2, 0) is 4.57 Å². The van der Waals surface area contributed by atoms with Gasteiger partial charge in [0.25, 0.3) is 0 Å². The van der Waals surface area contributed by atoms with Gasteiger partial charge in [-0.3, -0.25) is 14.4 Å². The number of unbranched alkanes of at least 4 members (excludes halogenated alkanes) is 3. The van der Waals surface area contributed by atoms with Gasteiger partial charge in [0, 0.05) is 16.7 Å². The number of hydrogen-bond donors (Lipinski definition) is 2. The summed E-state index contributed by atoms with van der Waals surface area (Å²) in [6.45, 7) is 2.13. The van der Waals surface area contributed by atoms with Crippen molar-refractivity contribution in [2.24, 2.45) is 0 Å². The van der Waals surface area contributed by atoms with Gasteiger partial charge in [-0.15, -0.1) is 0 Å². The number of carbonyl (C=O) groups is 1. The summed E-state index contributed by atoms with van der Waals surface area (Å²) < 4.78 is 19.6. The number of carbonyl (C=O) groups excluding carboxylic acids is 1. The van der Waals surface area contributed by atoms with Crippen LogP contribution >= 0.6 is 7.29 Å². The summed E-state index contributed by atoms with van der Waals surface area (Å²) in [5.74, 6) is -0.409. The Balaban J connectivity index is 1.93. The largest absolute Gasteiger partial charge is 0.461 e. The molecular formula is C25H30NO4P. The predicted octanol–water partition coefficient (Wildman–Crippen LogP) is 4.68. The molecule has 2 atom stereocenters. The molecule has 3 rings (SSSR count). The number of furan rings is 1. The van der Waals surface area contributed by atoms with Crippen LogP contribution in [0.3, 0.4) is 0 Å². The van der Waals surface area contributed by atoms with Gasteiger partial charge >= 0.3 is 0 Å². The van der Waals surface area contributed by atoms with Gasteiger partial charge in [0.2, 0.25) is 13.1 Å². The van der Waals surface area contributed by atoms with E-state index in [1.807, 2.05) is 60.7 Å². The Morgan fingerprint density at radius 3 is 2.06 bits per heavy atom. The molecule has 164 valence electrons. The van der Waals surface area contributed by atoms with Crippen molar-refractivity contribution in [3.8, 4) is 0 Å². The van der Waals surface area contributed by atoms with Gasteiger partial charge < -0.3 is 9.52 Å². The van der Waals surface area contributed by atoms with E-state index in [2.05, 4.69) is 12.0 Å². The first kappa shape index (κ1) is 23.2. The van der Waals surface area contributed by atoms with Crippen LogP contribution in [0.15, 0.2) is 83.5 Å². The lowest BCUT2D eigenvalue weighted by Crippen LogP contribution is -2.46. The number of benzene rings is 2. The summed E-state index contributed by atoms with van der Waals surface area (Å²) in [5.41, 5.74) is 0. The average molecular weight is 439 g/mol. The van der Waals surface area contributed by atoms with Gasteiger partial charge in [-0.25, -0.2) is 0 Å². The Morgan fingerprint density at radius 2 is 1.55 bits per heavy atom. The number of Topliss-reactive ketones (excluding diaryl/α,β-unsaturated/α-hetero) is 1. The molecule has 0 unspecified atom stereocenters. The van der Waals surface area contributed by atoms with Crippen LogP contribution in [-0.4, -0.2) is 23.0 Å². The molecule has 31 heavy (non-hydrogen) atoms.